The number of piperidine rings is 1. The van der Waals surface area contributed by atoms with Crippen molar-refractivity contribution >= 4 is 39.8 Å². The molecule has 0 spiro atoms. The summed E-state index contributed by atoms with van der Waals surface area (Å²) in [6.45, 7) is 7.51. The fourth-order valence-corrected chi connectivity index (χ4v) is 3.39. The van der Waals surface area contributed by atoms with Gasteiger partial charge in [0.1, 0.15) is 5.82 Å². The molecule has 31 heavy (non-hydrogen) atoms. The van der Waals surface area contributed by atoms with E-state index in [1.54, 1.807) is 4.90 Å². The highest BCUT2D eigenvalue weighted by Crippen LogP contribution is 2.35. The number of nitrogens with zero attached hydrogens (tertiary/aromatic N) is 3. The van der Waals surface area contributed by atoms with Gasteiger partial charge in [-0.05, 0) is 12.1 Å². The van der Waals surface area contributed by atoms with Gasteiger partial charge in [-0.25, -0.2) is 32.2 Å². The number of alkyl halides is 2. The molecule has 3 aromatic rings. The molecular formula is C20H16F4N6O. The van der Waals surface area contributed by atoms with Crippen molar-refractivity contribution in [1.82, 2.24) is 9.97 Å². The first-order valence-electron chi connectivity index (χ1n) is 9.30. The Kier molecular flexibility index (Phi) is 5.14. The first-order chi connectivity index (χ1) is 14.8. The lowest BCUT2D eigenvalue weighted by Gasteiger charge is -2.33. The zero-order chi connectivity index (χ0) is 22.2. The highest BCUT2D eigenvalue weighted by molar-refractivity contribution is 6.06. The molecular weight excluding hydrogens is 416 g/mol. The maximum atomic E-state index is 13.5. The van der Waals surface area contributed by atoms with Gasteiger partial charge >= 0.3 is 6.03 Å². The molecule has 3 heterocycles. The second kappa shape index (κ2) is 7.79. The average molecular weight is 432 g/mol. The lowest BCUT2D eigenvalue weighted by atomic mass is 10.1. The molecule has 160 valence electrons. The van der Waals surface area contributed by atoms with Gasteiger partial charge in [0.05, 0.1) is 29.7 Å². The fraction of sp³-hybridized carbons (Fsp3) is 0.250. The van der Waals surface area contributed by atoms with Crippen LogP contribution in [0.1, 0.15) is 12.8 Å². The Hall–Kier alpha value is -3.81. The molecule has 11 heteroatoms. The normalized spacial score (nSPS) is 15.5. The molecule has 1 saturated heterocycles. The summed E-state index contributed by atoms with van der Waals surface area (Å²) in [5.41, 5.74) is 0.873. The van der Waals surface area contributed by atoms with Crippen LogP contribution >= 0.6 is 0 Å². The largest absolute Gasteiger partial charge is 0.365 e. The standard InChI is InChI=1S/C20H16F4N6O/c1-25-16-6-11(9-27-18(16)30-4-2-20(23,24)3-5-30)28-19(31)29-17-10-26-15-8-14(22)13(21)7-12(15)17/h6-10,26H,2-5H2,(H2,28,29,31). The fourth-order valence-electron chi connectivity index (χ4n) is 3.39. The quantitative estimate of drug-likeness (QED) is 0.390. The number of aromatic amines is 1. The summed E-state index contributed by atoms with van der Waals surface area (Å²) >= 11 is 0. The summed E-state index contributed by atoms with van der Waals surface area (Å²) in [6.07, 6.45) is 2.08. The number of hydrogen-bond acceptors (Lipinski definition) is 3. The van der Waals surface area contributed by atoms with Gasteiger partial charge in [-0.15, -0.1) is 0 Å². The van der Waals surface area contributed by atoms with Crippen molar-refractivity contribution in [1.29, 1.82) is 0 Å². The van der Waals surface area contributed by atoms with E-state index in [0.29, 0.717) is 5.52 Å². The van der Waals surface area contributed by atoms with Crippen molar-refractivity contribution in [3.8, 4) is 0 Å². The molecule has 0 radical (unpaired) electrons. The molecule has 0 saturated carbocycles. The molecule has 2 amide bonds. The third kappa shape index (κ3) is 4.23. The van der Waals surface area contributed by atoms with Crippen molar-refractivity contribution in [2.24, 2.45) is 0 Å². The number of urea groups is 1. The topological polar surface area (TPSA) is 77.4 Å². The molecule has 0 unspecified atom stereocenters. The molecule has 2 aromatic heterocycles. The number of rotatable bonds is 3. The van der Waals surface area contributed by atoms with E-state index in [4.69, 9.17) is 6.57 Å². The Morgan fingerprint density at radius 1 is 1.16 bits per heavy atom. The minimum atomic E-state index is -2.72. The van der Waals surface area contributed by atoms with Crippen LogP contribution in [0, 0.1) is 18.2 Å². The van der Waals surface area contributed by atoms with E-state index in [0.717, 1.165) is 12.1 Å². The number of anilines is 3. The second-order valence-electron chi connectivity index (χ2n) is 7.11. The summed E-state index contributed by atoms with van der Waals surface area (Å²) in [5, 5.41) is 5.31. The van der Waals surface area contributed by atoms with Gasteiger partial charge in [-0.3, -0.25) is 0 Å². The summed E-state index contributed by atoms with van der Waals surface area (Å²) in [6, 6.07) is 2.65. The van der Waals surface area contributed by atoms with E-state index < -0.39 is 23.6 Å². The number of amides is 2. The summed E-state index contributed by atoms with van der Waals surface area (Å²) in [7, 11) is 0. The van der Waals surface area contributed by atoms with Crippen molar-refractivity contribution < 1.29 is 22.4 Å². The van der Waals surface area contributed by atoms with Crippen LogP contribution in [0.15, 0.2) is 30.6 Å². The zero-order valence-corrected chi connectivity index (χ0v) is 16.0. The van der Waals surface area contributed by atoms with Gasteiger partial charge in [0.25, 0.3) is 5.92 Å². The molecule has 1 aliphatic heterocycles. The maximum absolute atomic E-state index is 13.5. The van der Waals surface area contributed by atoms with Gasteiger partial charge in [0.2, 0.25) is 5.69 Å². The molecule has 0 bridgehead atoms. The van der Waals surface area contributed by atoms with Crippen molar-refractivity contribution in [3.63, 3.8) is 0 Å². The van der Waals surface area contributed by atoms with Crippen LogP contribution in [0.4, 0.5) is 45.2 Å². The molecule has 4 rings (SSSR count). The number of fused-ring (bicyclic) bond motifs is 1. The number of halogens is 4. The number of aromatic nitrogens is 2. The van der Waals surface area contributed by atoms with Crippen molar-refractivity contribution in [2.45, 2.75) is 18.8 Å². The molecule has 1 fully saturated rings. The number of nitrogens with one attached hydrogen (secondary N) is 3. The molecule has 3 N–H and O–H groups in total. The van der Waals surface area contributed by atoms with Crippen LogP contribution in [0.5, 0.6) is 0 Å². The lowest BCUT2D eigenvalue weighted by molar-refractivity contribution is -0.0221. The molecule has 1 aromatic carbocycles. The number of H-pyrrole nitrogens is 1. The van der Waals surface area contributed by atoms with E-state index in [1.165, 1.54) is 18.5 Å². The van der Waals surface area contributed by atoms with E-state index in [2.05, 4.69) is 25.4 Å². The Morgan fingerprint density at radius 3 is 2.58 bits per heavy atom. The zero-order valence-electron chi connectivity index (χ0n) is 16.0. The first kappa shape index (κ1) is 20.5. The van der Waals surface area contributed by atoms with Gasteiger partial charge in [0.15, 0.2) is 11.6 Å². The summed E-state index contributed by atoms with van der Waals surface area (Å²) in [5.74, 6) is -4.50. The molecule has 0 atom stereocenters. The number of hydrogen-bond donors (Lipinski definition) is 3. The average Bonchev–Trinajstić information content (AvgIpc) is 3.09. The second-order valence-corrected chi connectivity index (χ2v) is 7.11. The molecule has 0 aliphatic carbocycles. The lowest BCUT2D eigenvalue weighted by Crippen LogP contribution is -2.39. The monoisotopic (exact) mass is 432 g/mol. The highest BCUT2D eigenvalue weighted by atomic mass is 19.3. The molecule has 7 nitrogen and oxygen atoms in total. The number of carbonyl (C=O) groups is 1. The summed E-state index contributed by atoms with van der Waals surface area (Å²) in [4.78, 5) is 24.2. The number of carbonyl (C=O) groups excluding carboxylic acids is 1. The number of pyridine rings is 1. The smallest absolute Gasteiger partial charge is 0.323 e. The van der Waals surface area contributed by atoms with Crippen molar-refractivity contribution in [2.75, 3.05) is 28.6 Å². The summed E-state index contributed by atoms with van der Waals surface area (Å²) < 4.78 is 53.6. The third-order valence-corrected chi connectivity index (χ3v) is 4.99. The minimum absolute atomic E-state index is 0.0769. The van der Waals surface area contributed by atoms with E-state index in [9.17, 15) is 22.4 Å². The van der Waals surface area contributed by atoms with Crippen LogP contribution in [-0.4, -0.2) is 35.0 Å². The maximum Gasteiger partial charge on any atom is 0.323 e. The van der Waals surface area contributed by atoms with Crippen LogP contribution in [0.3, 0.4) is 0 Å². The van der Waals surface area contributed by atoms with E-state index in [1.807, 2.05) is 0 Å². The Morgan fingerprint density at radius 2 is 1.87 bits per heavy atom. The first-order valence-corrected chi connectivity index (χ1v) is 9.30. The predicted octanol–water partition coefficient (Wildman–Crippen LogP) is 5.27. The Balaban J connectivity index is 1.48. The van der Waals surface area contributed by atoms with Gasteiger partial charge in [-0.1, -0.05) is 0 Å². The van der Waals surface area contributed by atoms with Crippen LogP contribution in [-0.2, 0) is 0 Å². The van der Waals surface area contributed by atoms with E-state index >= 15 is 0 Å². The van der Waals surface area contributed by atoms with Gasteiger partial charge < -0.3 is 20.5 Å². The Labute approximate surface area is 173 Å². The third-order valence-electron chi connectivity index (χ3n) is 4.99. The van der Waals surface area contributed by atoms with Crippen LogP contribution in [0.25, 0.3) is 15.7 Å². The SMILES string of the molecule is [C-]#[N+]c1cc(NC(=O)Nc2c[nH]c3cc(F)c(F)cc23)cnc1N1CCC(F)(F)CC1. The van der Waals surface area contributed by atoms with Gasteiger partial charge in [0, 0.05) is 43.6 Å². The number of benzene rings is 1. The van der Waals surface area contributed by atoms with Gasteiger partial charge in [-0.2, -0.15) is 0 Å². The predicted molar refractivity (Wildman–Crippen MR) is 108 cm³/mol. The minimum Gasteiger partial charge on any atom is -0.365 e. The van der Waals surface area contributed by atoms with Crippen LogP contribution < -0.4 is 15.5 Å². The van der Waals surface area contributed by atoms with Crippen LogP contribution in [0.2, 0.25) is 0 Å². The Bertz CT molecular complexity index is 1190. The van der Waals surface area contributed by atoms with E-state index in [-0.39, 0.29) is 54.2 Å². The highest BCUT2D eigenvalue weighted by Gasteiger charge is 2.35. The molecule has 1 aliphatic rings. The van der Waals surface area contributed by atoms with Crippen molar-refractivity contribution in [3.05, 3.63) is 53.6 Å².